The molecule has 1 saturated heterocycles. The number of nitrogens with one attached hydrogen (secondary N) is 1. The number of hydrogen-bond donors (Lipinski definition) is 1. The summed E-state index contributed by atoms with van der Waals surface area (Å²) < 4.78 is 0. The number of hydrogen-bond acceptors (Lipinski definition) is 2. The molecule has 1 fully saturated rings. The first kappa shape index (κ1) is 7.74. The molecule has 1 aromatic rings. The second kappa shape index (κ2) is 3.68. The van der Waals surface area contributed by atoms with Crippen LogP contribution < -0.4 is 5.32 Å². The van der Waals surface area contributed by atoms with Gasteiger partial charge in [0, 0.05) is 23.9 Å². The van der Waals surface area contributed by atoms with Crippen LogP contribution in [0.4, 0.5) is 0 Å². The van der Waals surface area contributed by atoms with E-state index in [1.807, 2.05) is 6.07 Å². The summed E-state index contributed by atoms with van der Waals surface area (Å²) in [5, 5.41) is 3.35. The molecule has 2 rings (SSSR count). The molecule has 1 aromatic heterocycles. The van der Waals surface area contributed by atoms with Crippen molar-refractivity contribution in [1.82, 2.24) is 10.3 Å². The minimum Gasteiger partial charge on any atom is -0.317 e. The smallest absolute Gasteiger partial charge is 0.0435 e. The Hall–Kier alpha value is -0.890. The lowest BCUT2D eigenvalue weighted by Gasteiger charge is -2.21. The normalized spacial score (nSPS) is 19.3. The number of aromatic nitrogens is 1. The summed E-state index contributed by atoms with van der Waals surface area (Å²) >= 11 is 0. The van der Waals surface area contributed by atoms with E-state index in [2.05, 4.69) is 22.4 Å². The van der Waals surface area contributed by atoms with Crippen molar-refractivity contribution in [2.75, 3.05) is 13.1 Å². The third kappa shape index (κ3) is 1.64. The lowest BCUT2D eigenvalue weighted by Crippen LogP contribution is -2.26. The van der Waals surface area contributed by atoms with Crippen LogP contribution in [0.1, 0.15) is 24.5 Å². The molecule has 1 radical (unpaired) electrons. The van der Waals surface area contributed by atoms with E-state index in [9.17, 15) is 0 Å². The fourth-order valence-electron chi connectivity index (χ4n) is 1.69. The molecule has 1 aliphatic heterocycles. The van der Waals surface area contributed by atoms with E-state index in [1.165, 1.54) is 18.5 Å². The first-order chi connectivity index (χ1) is 5.97. The molecular weight excluding hydrogens is 148 g/mol. The van der Waals surface area contributed by atoms with Crippen LogP contribution in [0.25, 0.3) is 0 Å². The van der Waals surface area contributed by atoms with Crippen molar-refractivity contribution in [3.63, 3.8) is 0 Å². The minimum absolute atomic E-state index is 0.667. The standard InChI is InChI=1S/C10H13N2/c1-2-6-12-10(3-1)9-4-7-11-8-5-9/h1,3,6,9,11H,4-5,7-8H2. The summed E-state index contributed by atoms with van der Waals surface area (Å²) in [5.74, 6) is 0.667. The molecule has 0 bridgehead atoms. The Morgan fingerprint density at radius 1 is 1.42 bits per heavy atom. The highest BCUT2D eigenvalue weighted by molar-refractivity contribution is 5.09. The van der Waals surface area contributed by atoms with Gasteiger partial charge in [-0.15, -0.1) is 0 Å². The maximum Gasteiger partial charge on any atom is 0.0435 e. The third-order valence-electron chi connectivity index (χ3n) is 2.40. The quantitative estimate of drug-likeness (QED) is 0.672. The highest BCUT2D eigenvalue weighted by atomic mass is 14.9. The van der Waals surface area contributed by atoms with Crippen molar-refractivity contribution >= 4 is 0 Å². The summed E-state index contributed by atoms with van der Waals surface area (Å²) in [6, 6.07) is 6.97. The van der Waals surface area contributed by atoms with Gasteiger partial charge in [0.25, 0.3) is 0 Å². The van der Waals surface area contributed by atoms with Gasteiger partial charge in [-0.3, -0.25) is 4.98 Å². The fourth-order valence-corrected chi connectivity index (χ4v) is 1.69. The Morgan fingerprint density at radius 2 is 2.25 bits per heavy atom. The lowest BCUT2D eigenvalue weighted by atomic mass is 9.94. The van der Waals surface area contributed by atoms with Gasteiger partial charge in [0.15, 0.2) is 0 Å². The minimum atomic E-state index is 0.667. The van der Waals surface area contributed by atoms with Crippen LogP contribution >= 0.6 is 0 Å². The van der Waals surface area contributed by atoms with E-state index in [4.69, 9.17) is 0 Å². The Bertz CT molecular complexity index is 227. The van der Waals surface area contributed by atoms with Gasteiger partial charge in [0.1, 0.15) is 0 Å². The number of rotatable bonds is 1. The fraction of sp³-hybridized carbons (Fsp3) is 0.500. The molecule has 63 valence electrons. The van der Waals surface area contributed by atoms with Crippen LogP contribution in [-0.2, 0) is 0 Å². The molecule has 0 unspecified atom stereocenters. The van der Waals surface area contributed by atoms with Crippen molar-refractivity contribution in [2.45, 2.75) is 18.8 Å². The zero-order valence-electron chi connectivity index (χ0n) is 7.09. The molecular formula is C10H13N2. The molecule has 2 nitrogen and oxygen atoms in total. The topological polar surface area (TPSA) is 24.9 Å². The second-order valence-electron chi connectivity index (χ2n) is 3.21. The maximum atomic E-state index is 4.32. The van der Waals surface area contributed by atoms with Crippen LogP contribution in [0.2, 0.25) is 0 Å². The number of nitrogens with zero attached hydrogens (tertiary/aromatic N) is 1. The van der Waals surface area contributed by atoms with Gasteiger partial charge in [-0.05, 0) is 32.0 Å². The van der Waals surface area contributed by atoms with Crippen molar-refractivity contribution in [1.29, 1.82) is 0 Å². The van der Waals surface area contributed by atoms with Crippen LogP contribution in [-0.4, -0.2) is 18.1 Å². The average Bonchev–Trinajstić information content (AvgIpc) is 2.21. The number of piperidine rings is 1. The van der Waals surface area contributed by atoms with Crippen LogP contribution in [0.5, 0.6) is 0 Å². The molecule has 2 heteroatoms. The average molecular weight is 161 g/mol. The highest BCUT2D eigenvalue weighted by Gasteiger charge is 2.15. The predicted octanol–water partition coefficient (Wildman–Crippen LogP) is 1.35. The molecule has 0 amide bonds. The van der Waals surface area contributed by atoms with E-state index in [0.29, 0.717) is 5.92 Å². The summed E-state index contributed by atoms with van der Waals surface area (Å²) in [4.78, 5) is 4.32. The summed E-state index contributed by atoms with van der Waals surface area (Å²) in [6.45, 7) is 2.26. The van der Waals surface area contributed by atoms with Crippen LogP contribution in [0, 0.1) is 6.07 Å². The molecule has 0 spiro atoms. The number of pyridine rings is 1. The van der Waals surface area contributed by atoms with Gasteiger partial charge in [-0.2, -0.15) is 0 Å². The van der Waals surface area contributed by atoms with Gasteiger partial charge in [0.05, 0.1) is 0 Å². The predicted molar refractivity (Wildman–Crippen MR) is 47.9 cm³/mol. The molecule has 0 atom stereocenters. The first-order valence-corrected chi connectivity index (χ1v) is 4.49. The molecule has 1 N–H and O–H groups in total. The van der Waals surface area contributed by atoms with Crippen LogP contribution in [0.3, 0.4) is 0 Å². The van der Waals surface area contributed by atoms with E-state index in [0.717, 1.165) is 13.1 Å². The Labute approximate surface area is 73.0 Å². The monoisotopic (exact) mass is 161 g/mol. The molecule has 1 aliphatic rings. The summed E-state index contributed by atoms with van der Waals surface area (Å²) in [5.41, 5.74) is 1.23. The van der Waals surface area contributed by atoms with Crippen molar-refractivity contribution in [2.24, 2.45) is 0 Å². The van der Waals surface area contributed by atoms with E-state index >= 15 is 0 Å². The first-order valence-electron chi connectivity index (χ1n) is 4.49. The zero-order chi connectivity index (χ0) is 8.23. The zero-order valence-corrected chi connectivity index (χ0v) is 7.09. The van der Waals surface area contributed by atoms with Gasteiger partial charge in [-0.25, -0.2) is 0 Å². The maximum absolute atomic E-state index is 4.32. The van der Waals surface area contributed by atoms with Crippen molar-refractivity contribution in [3.05, 3.63) is 30.1 Å². The van der Waals surface area contributed by atoms with E-state index in [1.54, 1.807) is 6.20 Å². The summed E-state index contributed by atoms with van der Waals surface area (Å²) in [6.07, 6.45) is 4.20. The highest BCUT2D eigenvalue weighted by Crippen LogP contribution is 2.22. The van der Waals surface area contributed by atoms with E-state index in [-0.39, 0.29) is 0 Å². The van der Waals surface area contributed by atoms with Crippen LogP contribution in [0.15, 0.2) is 18.3 Å². The van der Waals surface area contributed by atoms with E-state index < -0.39 is 0 Å². The Morgan fingerprint density at radius 3 is 2.92 bits per heavy atom. The molecule has 0 aromatic carbocycles. The lowest BCUT2D eigenvalue weighted by molar-refractivity contribution is 0.453. The van der Waals surface area contributed by atoms with Gasteiger partial charge < -0.3 is 5.32 Å². The van der Waals surface area contributed by atoms with Crippen molar-refractivity contribution < 1.29 is 0 Å². The Kier molecular flexibility index (Phi) is 2.37. The van der Waals surface area contributed by atoms with Crippen molar-refractivity contribution in [3.8, 4) is 0 Å². The van der Waals surface area contributed by atoms with Gasteiger partial charge >= 0.3 is 0 Å². The second-order valence-corrected chi connectivity index (χ2v) is 3.21. The Balaban J connectivity index is 2.08. The largest absolute Gasteiger partial charge is 0.317 e. The molecule has 0 saturated carbocycles. The molecule has 2 heterocycles. The third-order valence-corrected chi connectivity index (χ3v) is 2.40. The van der Waals surface area contributed by atoms with Gasteiger partial charge in [-0.1, -0.05) is 6.07 Å². The SMILES string of the molecule is [c]1ccc(C2CCNCC2)nc1. The van der Waals surface area contributed by atoms with Gasteiger partial charge in [0.2, 0.25) is 0 Å². The molecule has 12 heavy (non-hydrogen) atoms. The molecule has 0 aliphatic carbocycles. The summed E-state index contributed by atoms with van der Waals surface area (Å²) in [7, 11) is 0.